The molecular weight excluding hydrogens is 246 g/mol. The van der Waals surface area contributed by atoms with Crippen LogP contribution in [-0.2, 0) is 11.3 Å². The second-order valence-corrected chi connectivity index (χ2v) is 5.00. The summed E-state index contributed by atoms with van der Waals surface area (Å²) in [5.74, 6) is 0.564. The van der Waals surface area contributed by atoms with E-state index in [1.54, 1.807) is 19.2 Å². The third-order valence-electron chi connectivity index (χ3n) is 3.47. The largest absolute Gasteiger partial charge is 0.393 e. The zero-order chi connectivity index (χ0) is 13.8. The van der Waals surface area contributed by atoms with Gasteiger partial charge in [0.25, 0.3) is 5.69 Å². The Morgan fingerprint density at radius 3 is 3.05 bits per heavy atom. The molecule has 6 heteroatoms. The van der Waals surface area contributed by atoms with E-state index in [4.69, 9.17) is 10.5 Å². The number of anilines is 1. The van der Waals surface area contributed by atoms with Gasteiger partial charge in [0.1, 0.15) is 5.69 Å². The average Bonchev–Trinajstić information content (AvgIpc) is 2.79. The van der Waals surface area contributed by atoms with Crippen LogP contribution in [0.15, 0.2) is 18.2 Å². The summed E-state index contributed by atoms with van der Waals surface area (Å²) in [5, 5.41) is 10.8. The van der Waals surface area contributed by atoms with Crippen molar-refractivity contribution in [2.75, 3.05) is 32.5 Å². The van der Waals surface area contributed by atoms with Crippen molar-refractivity contribution in [2.24, 2.45) is 5.92 Å². The second kappa shape index (κ2) is 5.99. The topological polar surface area (TPSA) is 81.6 Å². The van der Waals surface area contributed by atoms with Gasteiger partial charge in [-0.3, -0.25) is 15.0 Å². The van der Waals surface area contributed by atoms with Gasteiger partial charge in [-0.2, -0.15) is 0 Å². The lowest BCUT2D eigenvalue weighted by Crippen LogP contribution is -2.21. The molecule has 0 amide bonds. The maximum absolute atomic E-state index is 10.8. The number of nitrogens with two attached hydrogens (primary N) is 1. The van der Waals surface area contributed by atoms with E-state index in [-0.39, 0.29) is 11.4 Å². The molecule has 0 spiro atoms. The van der Waals surface area contributed by atoms with E-state index in [2.05, 4.69) is 4.90 Å². The molecule has 1 heterocycles. The van der Waals surface area contributed by atoms with E-state index >= 15 is 0 Å². The van der Waals surface area contributed by atoms with Crippen LogP contribution in [0.2, 0.25) is 0 Å². The molecule has 104 valence electrons. The highest BCUT2D eigenvalue weighted by Gasteiger charge is 2.23. The first-order valence-corrected chi connectivity index (χ1v) is 6.34. The Balaban J connectivity index is 2.00. The lowest BCUT2D eigenvalue weighted by atomic mass is 10.1. The van der Waals surface area contributed by atoms with Crippen LogP contribution < -0.4 is 5.73 Å². The molecule has 1 aliphatic rings. The molecule has 1 atom stereocenters. The number of rotatable bonds is 5. The van der Waals surface area contributed by atoms with Crippen molar-refractivity contribution in [1.82, 2.24) is 4.90 Å². The summed E-state index contributed by atoms with van der Waals surface area (Å²) >= 11 is 0. The van der Waals surface area contributed by atoms with Crippen LogP contribution in [0, 0.1) is 16.0 Å². The maximum Gasteiger partial charge on any atom is 0.292 e. The van der Waals surface area contributed by atoms with Crippen molar-refractivity contribution < 1.29 is 9.66 Å². The Kier molecular flexibility index (Phi) is 4.34. The van der Waals surface area contributed by atoms with Crippen molar-refractivity contribution in [1.29, 1.82) is 0 Å². The van der Waals surface area contributed by atoms with E-state index in [1.165, 1.54) is 0 Å². The molecule has 1 fully saturated rings. The van der Waals surface area contributed by atoms with Crippen molar-refractivity contribution in [3.63, 3.8) is 0 Å². The number of nitrogens with zero attached hydrogens (tertiary/aromatic N) is 2. The molecular formula is C13H19N3O3. The first-order chi connectivity index (χ1) is 9.10. The Morgan fingerprint density at radius 2 is 2.37 bits per heavy atom. The highest BCUT2D eigenvalue weighted by atomic mass is 16.6. The number of ether oxygens (including phenoxy) is 1. The van der Waals surface area contributed by atoms with Gasteiger partial charge in [0.2, 0.25) is 0 Å². The molecule has 0 aromatic heterocycles. The van der Waals surface area contributed by atoms with Gasteiger partial charge >= 0.3 is 0 Å². The lowest BCUT2D eigenvalue weighted by Gasteiger charge is -2.16. The third-order valence-corrected chi connectivity index (χ3v) is 3.47. The summed E-state index contributed by atoms with van der Waals surface area (Å²) in [6, 6.07) is 5.03. The lowest BCUT2D eigenvalue weighted by molar-refractivity contribution is -0.384. The van der Waals surface area contributed by atoms with E-state index in [9.17, 15) is 10.1 Å². The fourth-order valence-electron chi connectivity index (χ4n) is 2.53. The molecule has 2 N–H and O–H groups in total. The van der Waals surface area contributed by atoms with Crippen molar-refractivity contribution >= 4 is 11.4 Å². The van der Waals surface area contributed by atoms with Crippen LogP contribution in [0.1, 0.15) is 12.0 Å². The number of nitrogen functional groups attached to an aromatic ring is 1. The van der Waals surface area contributed by atoms with E-state index in [0.29, 0.717) is 5.92 Å². The number of methoxy groups -OCH3 is 1. The minimum Gasteiger partial charge on any atom is -0.393 e. The molecule has 2 rings (SSSR count). The van der Waals surface area contributed by atoms with Crippen LogP contribution in [-0.4, -0.2) is 36.6 Å². The Labute approximate surface area is 112 Å². The molecule has 1 saturated heterocycles. The van der Waals surface area contributed by atoms with Gasteiger partial charge in [-0.25, -0.2) is 0 Å². The normalized spacial score (nSPS) is 19.7. The highest BCUT2D eigenvalue weighted by Crippen LogP contribution is 2.25. The second-order valence-electron chi connectivity index (χ2n) is 5.00. The number of hydrogen-bond donors (Lipinski definition) is 1. The minimum absolute atomic E-state index is 0.00913. The number of nitro groups is 1. The highest BCUT2D eigenvalue weighted by molar-refractivity contribution is 5.59. The Bertz CT molecular complexity index is 464. The maximum atomic E-state index is 10.8. The molecule has 1 unspecified atom stereocenters. The van der Waals surface area contributed by atoms with Gasteiger partial charge in [0.05, 0.1) is 11.5 Å². The summed E-state index contributed by atoms with van der Waals surface area (Å²) in [5.41, 5.74) is 6.72. The molecule has 1 aromatic rings. The number of hydrogen-bond acceptors (Lipinski definition) is 5. The molecule has 1 aromatic carbocycles. The predicted octanol–water partition coefficient (Wildman–Crippen LogP) is 1.65. The summed E-state index contributed by atoms with van der Waals surface area (Å²) in [7, 11) is 1.71. The first kappa shape index (κ1) is 13.8. The van der Waals surface area contributed by atoms with E-state index < -0.39 is 4.92 Å². The zero-order valence-electron chi connectivity index (χ0n) is 11.0. The van der Waals surface area contributed by atoms with Crippen molar-refractivity contribution in [3.05, 3.63) is 33.9 Å². The first-order valence-electron chi connectivity index (χ1n) is 6.34. The van der Waals surface area contributed by atoms with Crippen LogP contribution in [0.5, 0.6) is 0 Å². The van der Waals surface area contributed by atoms with Crippen molar-refractivity contribution in [3.8, 4) is 0 Å². The predicted molar refractivity (Wildman–Crippen MR) is 72.8 cm³/mol. The smallest absolute Gasteiger partial charge is 0.292 e. The van der Waals surface area contributed by atoms with E-state index in [1.807, 2.05) is 6.07 Å². The van der Waals surface area contributed by atoms with Gasteiger partial charge in [-0.05, 0) is 30.5 Å². The van der Waals surface area contributed by atoms with Gasteiger partial charge in [-0.1, -0.05) is 6.07 Å². The molecule has 0 bridgehead atoms. The average molecular weight is 265 g/mol. The molecule has 0 aliphatic carbocycles. The number of likely N-dealkylation sites (tertiary alicyclic amines) is 1. The fraction of sp³-hybridized carbons (Fsp3) is 0.538. The summed E-state index contributed by atoms with van der Waals surface area (Å²) in [4.78, 5) is 12.7. The Hall–Kier alpha value is -1.66. The molecule has 0 saturated carbocycles. The third kappa shape index (κ3) is 3.42. The summed E-state index contributed by atoms with van der Waals surface area (Å²) in [6.45, 7) is 3.48. The summed E-state index contributed by atoms with van der Waals surface area (Å²) < 4.78 is 5.16. The Morgan fingerprint density at radius 1 is 1.58 bits per heavy atom. The van der Waals surface area contributed by atoms with E-state index in [0.717, 1.165) is 38.2 Å². The van der Waals surface area contributed by atoms with Crippen LogP contribution in [0.3, 0.4) is 0 Å². The summed E-state index contributed by atoms with van der Waals surface area (Å²) in [6.07, 6.45) is 1.12. The molecule has 1 aliphatic heterocycles. The van der Waals surface area contributed by atoms with Crippen molar-refractivity contribution in [2.45, 2.75) is 13.0 Å². The number of benzene rings is 1. The zero-order valence-corrected chi connectivity index (χ0v) is 11.0. The standard InChI is InChI=1S/C13H19N3O3/c1-19-9-11-4-5-15(8-11)7-10-2-3-12(14)13(6-10)16(17)18/h2-3,6,11H,4-5,7-9,14H2,1H3. The van der Waals surface area contributed by atoms with Crippen LogP contribution >= 0.6 is 0 Å². The minimum atomic E-state index is -0.434. The van der Waals surface area contributed by atoms with Gasteiger partial charge in [0.15, 0.2) is 0 Å². The van der Waals surface area contributed by atoms with Gasteiger partial charge in [-0.15, -0.1) is 0 Å². The number of nitro benzene ring substituents is 1. The monoisotopic (exact) mass is 265 g/mol. The quantitative estimate of drug-likeness (QED) is 0.497. The molecule has 0 radical (unpaired) electrons. The SMILES string of the molecule is COCC1CCN(Cc2ccc(N)c([N+](=O)[O-])c2)C1. The van der Waals surface area contributed by atoms with Gasteiger partial charge < -0.3 is 10.5 Å². The fourth-order valence-corrected chi connectivity index (χ4v) is 2.53. The molecule has 19 heavy (non-hydrogen) atoms. The van der Waals surface area contributed by atoms with Crippen LogP contribution in [0.4, 0.5) is 11.4 Å². The van der Waals surface area contributed by atoms with Gasteiger partial charge in [0, 0.05) is 26.3 Å². The van der Waals surface area contributed by atoms with Crippen LogP contribution in [0.25, 0.3) is 0 Å². The molecule has 6 nitrogen and oxygen atoms in total.